The highest BCUT2D eigenvalue weighted by atomic mass is 16.5. The summed E-state index contributed by atoms with van der Waals surface area (Å²) in [6, 6.07) is 20.4. The molecule has 0 bridgehead atoms. The van der Waals surface area contributed by atoms with E-state index in [0.717, 1.165) is 21.9 Å². The van der Waals surface area contributed by atoms with Gasteiger partial charge in [-0.25, -0.2) is 0 Å². The fourth-order valence-corrected chi connectivity index (χ4v) is 3.31. The molecule has 6 heteroatoms. The number of amides is 1. The topological polar surface area (TPSA) is 77.8 Å². The van der Waals surface area contributed by atoms with Gasteiger partial charge in [-0.3, -0.25) is 9.59 Å². The lowest BCUT2D eigenvalue weighted by Crippen LogP contribution is -2.30. The lowest BCUT2D eigenvalue weighted by Gasteiger charge is -2.15. The molecule has 1 N–H and O–H groups in total. The summed E-state index contributed by atoms with van der Waals surface area (Å²) in [5.41, 5.74) is 2.65. The molecule has 0 unspecified atom stereocenters. The van der Waals surface area contributed by atoms with Crippen molar-refractivity contribution in [3.8, 4) is 5.75 Å². The predicted octanol–water partition coefficient (Wildman–Crippen LogP) is 4.71. The zero-order valence-corrected chi connectivity index (χ0v) is 16.7. The molecule has 4 rings (SSSR count). The van der Waals surface area contributed by atoms with Gasteiger partial charge in [0.05, 0.1) is 19.2 Å². The molecule has 0 radical (unpaired) electrons. The van der Waals surface area contributed by atoms with Crippen LogP contribution in [0.3, 0.4) is 0 Å². The Bertz CT molecular complexity index is 1210. The van der Waals surface area contributed by atoms with Crippen LogP contribution in [0.2, 0.25) is 0 Å². The van der Waals surface area contributed by atoms with Gasteiger partial charge in [0, 0.05) is 16.8 Å². The van der Waals surface area contributed by atoms with Crippen LogP contribution >= 0.6 is 0 Å². The molecule has 1 atom stereocenters. The van der Waals surface area contributed by atoms with E-state index in [9.17, 15) is 9.59 Å². The molecule has 1 amide bonds. The number of hydrogen-bond donors (Lipinski definition) is 1. The zero-order valence-electron chi connectivity index (χ0n) is 16.7. The molecule has 4 aromatic rings. The van der Waals surface area contributed by atoms with Crippen LogP contribution < -0.4 is 10.1 Å². The van der Waals surface area contributed by atoms with Crippen LogP contribution in [0.25, 0.3) is 21.9 Å². The van der Waals surface area contributed by atoms with Crippen molar-refractivity contribution in [3.63, 3.8) is 0 Å². The van der Waals surface area contributed by atoms with E-state index < -0.39 is 18.0 Å². The number of ether oxygens (including phenoxy) is 2. The molecule has 0 aliphatic heterocycles. The monoisotopic (exact) mass is 403 g/mol. The van der Waals surface area contributed by atoms with Crippen molar-refractivity contribution >= 4 is 39.5 Å². The quantitative estimate of drug-likeness (QED) is 0.472. The van der Waals surface area contributed by atoms with E-state index in [1.165, 1.54) is 14.0 Å². The summed E-state index contributed by atoms with van der Waals surface area (Å²) >= 11 is 0. The van der Waals surface area contributed by atoms with E-state index in [1.807, 2.05) is 60.7 Å². The largest absolute Gasteiger partial charge is 0.495 e. The second kappa shape index (κ2) is 8.29. The number of fused-ring (bicyclic) bond motifs is 3. The van der Waals surface area contributed by atoms with Gasteiger partial charge in [-0.05, 0) is 24.6 Å². The number of hydrogen-bond acceptors (Lipinski definition) is 5. The highest BCUT2D eigenvalue weighted by molar-refractivity contribution is 6.08. The first kappa shape index (κ1) is 19.5. The molecule has 0 spiro atoms. The number of carbonyl (C=O) groups is 2. The summed E-state index contributed by atoms with van der Waals surface area (Å²) < 4.78 is 16.6. The van der Waals surface area contributed by atoms with Crippen molar-refractivity contribution in [2.75, 3.05) is 12.4 Å². The Labute approximate surface area is 173 Å². The maximum Gasteiger partial charge on any atom is 0.311 e. The van der Waals surface area contributed by atoms with Crippen LogP contribution in [-0.4, -0.2) is 25.1 Å². The maximum atomic E-state index is 12.6. The fourth-order valence-electron chi connectivity index (χ4n) is 3.31. The highest BCUT2D eigenvalue weighted by Crippen LogP contribution is 2.36. The molecule has 0 saturated carbocycles. The van der Waals surface area contributed by atoms with Crippen molar-refractivity contribution in [2.45, 2.75) is 19.4 Å². The van der Waals surface area contributed by atoms with E-state index in [-0.39, 0.29) is 6.42 Å². The first-order valence-electron chi connectivity index (χ1n) is 9.58. The van der Waals surface area contributed by atoms with Gasteiger partial charge in [0.2, 0.25) is 0 Å². The van der Waals surface area contributed by atoms with Gasteiger partial charge in [-0.15, -0.1) is 0 Å². The number of carbonyl (C=O) groups excluding carboxylic acids is 2. The van der Waals surface area contributed by atoms with Gasteiger partial charge in [0.15, 0.2) is 6.10 Å². The van der Waals surface area contributed by atoms with Gasteiger partial charge in [-0.2, -0.15) is 0 Å². The van der Waals surface area contributed by atoms with Crippen LogP contribution in [0.4, 0.5) is 5.69 Å². The number of methoxy groups -OCH3 is 1. The second-order valence-electron chi connectivity index (χ2n) is 6.93. The fraction of sp³-hybridized carbons (Fsp3) is 0.167. The van der Waals surface area contributed by atoms with E-state index in [0.29, 0.717) is 17.0 Å². The molecule has 0 aliphatic carbocycles. The molecular weight excluding hydrogens is 382 g/mol. The SMILES string of the molecule is COc1cc2c(cc1NC(=O)[C@H](C)OC(=O)Cc1ccccc1)oc1ccccc12. The predicted molar refractivity (Wildman–Crippen MR) is 115 cm³/mol. The highest BCUT2D eigenvalue weighted by Gasteiger charge is 2.20. The van der Waals surface area contributed by atoms with Crippen molar-refractivity contribution in [2.24, 2.45) is 0 Å². The molecular formula is C24H21NO5. The third kappa shape index (κ3) is 3.98. The Balaban J connectivity index is 1.50. The lowest BCUT2D eigenvalue weighted by molar-refractivity contribution is -0.152. The minimum atomic E-state index is -0.961. The molecule has 1 aromatic heterocycles. The Morgan fingerprint density at radius 2 is 1.70 bits per heavy atom. The summed E-state index contributed by atoms with van der Waals surface area (Å²) in [6.45, 7) is 1.53. The average Bonchev–Trinajstić information content (AvgIpc) is 3.11. The summed E-state index contributed by atoms with van der Waals surface area (Å²) in [4.78, 5) is 24.7. The van der Waals surface area contributed by atoms with Crippen LogP contribution in [0.5, 0.6) is 5.75 Å². The van der Waals surface area contributed by atoms with Crippen molar-refractivity contribution in [1.29, 1.82) is 0 Å². The number of anilines is 1. The van der Waals surface area contributed by atoms with Crippen LogP contribution in [0.15, 0.2) is 71.1 Å². The Kier molecular flexibility index (Phi) is 5.39. The lowest BCUT2D eigenvalue weighted by atomic mass is 10.1. The number of rotatable bonds is 6. The molecule has 152 valence electrons. The number of para-hydroxylation sites is 1. The zero-order chi connectivity index (χ0) is 21.1. The molecule has 0 saturated heterocycles. The van der Waals surface area contributed by atoms with Crippen molar-refractivity contribution < 1.29 is 23.5 Å². The van der Waals surface area contributed by atoms with Gasteiger partial charge in [0.1, 0.15) is 16.9 Å². The van der Waals surface area contributed by atoms with E-state index in [2.05, 4.69) is 5.32 Å². The Morgan fingerprint density at radius 3 is 2.47 bits per heavy atom. The average molecular weight is 403 g/mol. The van der Waals surface area contributed by atoms with Gasteiger partial charge in [0.25, 0.3) is 5.91 Å². The number of nitrogens with one attached hydrogen (secondary N) is 1. The minimum Gasteiger partial charge on any atom is -0.495 e. The number of furan rings is 1. The smallest absolute Gasteiger partial charge is 0.311 e. The van der Waals surface area contributed by atoms with Crippen molar-refractivity contribution in [3.05, 3.63) is 72.3 Å². The van der Waals surface area contributed by atoms with E-state index in [4.69, 9.17) is 13.9 Å². The first-order chi connectivity index (χ1) is 14.5. The minimum absolute atomic E-state index is 0.104. The second-order valence-corrected chi connectivity index (χ2v) is 6.93. The molecule has 30 heavy (non-hydrogen) atoms. The Hall–Kier alpha value is -3.80. The standard InChI is InChI=1S/C24H21NO5/c1-15(29-23(26)12-16-8-4-3-5-9-16)24(27)25-19-14-21-18(13-22(19)28-2)17-10-6-7-11-20(17)30-21/h3-11,13-15H,12H2,1-2H3,(H,25,27)/t15-/m0/s1. The molecule has 3 aromatic carbocycles. The molecule has 6 nitrogen and oxygen atoms in total. The van der Waals surface area contributed by atoms with Gasteiger partial charge >= 0.3 is 5.97 Å². The third-order valence-electron chi connectivity index (χ3n) is 4.83. The summed E-state index contributed by atoms with van der Waals surface area (Å²) in [5.74, 6) is -0.432. The van der Waals surface area contributed by atoms with E-state index in [1.54, 1.807) is 6.07 Å². The van der Waals surface area contributed by atoms with Crippen molar-refractivity contribution in [1.82, 2.24) is 0 Å². The molecule has 1 heterocycles. The van der Waals surface area contributed by atoms with Crippen LogP contribution in [0.1, 0.15) is 12.5 Å². The number of esters is 1. The van der Waals surface area contributed by atoms with Crippen LogP contribution in [-0.2, 0) is 20.7 Å². The molecule has 0 aliphatic rings. The van der Waals surface area contributed by atoms with E-state index >= 15 is 0 Å². The van der Waals surface area contributed by atoms with Gasteiger partial charge in [-0.1, -0.05) is 48.5 Å². The Morgan fingerprint density at radius 1 is 0.967 bits per heavy atom. The summed E-state index contributed by atoms with van der Waals surface area (Å²) in [5, 5.41) is 4.62. The van der Waals surface area contributed by atoms with Gasteiger partial charge < -0.3 is 19.2 Å². The van der Waals surface area contributed by atoms with Crippen LogP contribution in [0, 0.1) is 0 Å². The summed E-state index contributed by atoms with van der Waals surface area (Å²) in [7, 11) is 1.53. The maximum absolute atomic E-state index is 12.6. The summed E-state index contributed by atoms with van der Waals surface area (Å²) in [6.07, 6.45) is -0.857. The third-order valence-corrected chi connectivity index (χ3v) is 4.83. The molecule has 0 fully saturated rings. The number of benzene rings is 3. The first-order valence-corrected chi connectivity index (χ1v) is 9.58. The normalized spacial score (nSPS) is 11.9.